The average molecular weight is 394 g/mol. The third-order valence-electron chi connectivity index (χ3n) is 4.84. The Morgan fingerprint density at radius 1 is 0.929 bits per heavy atom. The Morgan fingerprint density at radius 2 is 1.57 bits per heavy atom. The molecule has 3 nitrogen and oxygen atoms in total. The number of nitrogens with zero attached hydrogens (tertiary/aromatic N) is 1. The van der Waals surface area contributed by atoms with E-state index in [1.165, 1.54) is 12.1 Å². The van der Waals surface area contributed by atoms with E-state index >= 15 is 0 Å². The molecule has 1 aliphatic heterocycles. The SMILES string of the molecule is O=C1C(O)=C(c2ccccc2)[C@H](c2ccc(F)cc2)N1Cc1ccc(Cl)cc1. The third kappa shape index (κ3) is 3.39. The summed E-state index contributed by atoms with van der Waals surface area (Å²) in [6.45, 7) is 0.290. The van der Waals surface area contributed by atoms with E-state index < -0.39 is 11.9 Å². The van der Waals surface area contributed by atoms with E-state index in [0.717, 1.165) is 16.7 Å². The lowest BCUT2D eigenvalue weighted by atomic mass is 9.93. The van der Waals surface area contributed by atoms with Crippen molar-refractivity contribution in [3.8, 4) is 0 Å². The molecule has 1 heterocycles. The van der Waals surface area contributed by atoms with Crippen molar-refractivity contribution in [2.45, 2.75) is 12.6 Å². The molecule has 0 saturated heterocycles. The zero-order valence-corrected chi connectivity index (χ0v) is 15.6. The van der Waals surface area contributed by atoms with Crippen LogP contribution in [-0.2, 0) is 11.3 Å². The van der Waals surface area contributed by atoms with Gasteiger partial charge in [-0.2, -0.15) is 0 Å². The monoisotopic (exact) mass is 393 g/mol. The van der Waals surface area contributed by atoms with Crippen LogP contribution < -0.4 is 0 Å². The summed E-state index contributed by atoms with van der Waals surface area (Å²) in [7, 11) is 0. The fourth-order valence-electron chi connectivity index (χ4n) is 3.51. The molecular weight excluding hydrogens is 377 g/mol. The number of halogens is 2. The fourth-order valence-corrected chi connectivity index (χ4v) is 3.63. The average Bonchev–Trinajstić information content (AvgIpc) is 2.96. The first-order valence-electron chi connectivity index (χ1n) is 8.84. The normalized spacial score (nSPS) is 16.7. The van der Waals surface area contributed by atoms with Gasteiger partial charge in [-0.1, -0.05) is 66.2 Å². The number of aliphatic hydroxyl groups is 1. The predicted molar refractivity (Wildman–Crippen MR) is 107 cm³/mol. The van der Waals surface area contributed by atoms with Crippen molar-refractivity contribution in [3.63, 3.8) is 0 Å². The van der Waals surface area contributed by atoms with E-state index in [4.69, 9.17) is 11.6 Å². The second kappa shape index (κ2) is 7.49. The third-order valence-corrected chi connectivity index (χ3v) is 5.09. The van der Waals surface area contributed by atoms with Crippen LogP contribution in [0.15, 0.2) is 84.6 Å². The van der Waals surface area contributed by atoms with Gasteiger partial charge in [0, 0.05) is 17.1 Å². The first-order valence-corrected chi connectivity index (χ1v) is 9.22. The van der Waals surface area contributed by atoms with Gasteiger partial charge in [-0.05, 0) is 41.0 Å². The molecule has 1 atom stereocenters. The fraction of sp³-hybridized carbons (Fsp3) is 0.0870. The molecule has 0 unspecified atom stereocenters. The predicted octanol–water partition coefficient (Wildman–Crippen LogP) is 5.53. The number of benzene rings is 3. The number of carbonyl (C=O) groups excluding carboxylic acids is 1. The molecule has 4 rings (SSSR count). The second-order valence-corrected chi connectivity index (χ2v) is 7.08. The molecule has 1 N–H and O–H groups in total. The molecule has 0 bridgehead atoms. The molecule has 0 spiro atoms. The largest absolute Gasteiger partial charge is 0.503 e. The summed E-state index contributed by atoms with van der Waals surface area (Å²) in [5.74, 6) is -1.09. The summed E-state index contributed by atoms with van der Waals surface area (Å²) in [5, 5.41) is 11.3. The molecule has 1 amide bonds. The Balaban J connectivity index is 1.80. The molecule has 28 heavy (non-hydrogen) atoms. The Kier molecular flexibility index (Phi) is 4.88. The van der Waals surface area contributed by atoms with Crippen LogP contribution in [-0.4, -0.2) is 15.9 Å². The maximum Gasteiger partial charge on any atom is 0.290 e. The molecular formula is C23H17ClFNO2. The highest BCUT2D eigenvalue weighted by molar-refractivity contribution is 6.30. The van der Waals surface area contributed by atoms with Crippen molar-refractivity contribution in [1.29, 1.82) is 0 Å². The van der Waals surface area contributed by atoms with Gasteiger partial charge in [-0.3, -0.25) is 4.79 Å². The molecule has 0 saturated carbocycles. The van der Waals surface area contributed by atoms with Gasteiger partial charge in [0.2, 0.25) is 0 Å². The van der Waals surface area contributed by atoms with Crippen LogP contribution in [0.25, 0.3) is 5.57 Å². The lowest BCUT2D eigenvalue weighted by molar-refractivity contribution is -0.130. The molecule has 0 aromatic heterocycles. The van der Waals surface area contributed by atoms with Gasteiger partial charge in [0.05, 0.1) is 6.04 Å². The molecule has 1 aliphatic rings. The summed E-state index contributed by atoms with van der Waals surface area (Å²) >= 11 is 5.96. The maximum atomic E-state index is 13.5. The highest BCUT2D eigenvalue weighted by Gasteiger charge is 2.40. The van der Waals surface area contributed by atoms with Crippen molar-refractivity contribution in [2.75, 3.05) is 0 Å². The van der Waals surface area contributed by atoms with Gasteiger partial charge >= 0.3 is 0 Å². The van der Waals surface area contributed by atoms with E-state index in [-0.39, 0.29) is 11.6 Å². The van der Waals surface area contributed by atoms with Crippen LogP contribution >= 0.6 is 11.6 Å². The smallest absolute Gasteiger partial charge is 0.290 e. The molecule has 0 radical (unpaired) electrons. The summed E-state index contributed by atoms with van der Waals surface area (Å²) in [6.07, 6.45) is 0. The van der Waals surface area contributed by atoms with Crippen molar-refractivity contribution in [3.05, 3.63) is 112 Å². The van der Waals surface area contributed by atoms with Crippen LogP contribution in [0.5, 0.6) is 0 Å². The first kappa shape index (κ1) is 18.3. The Bertz CT molecular complexity index is 1030. The minimum Gasteiger partial charge on any atom is -0.503 e. The van der Waals surface area contributed by atoms with Crippen LogP contribution in [0, 0.1) is 5.82 Å². The van der Waals surface area contributed by atoms with Gasteiger partial charge < -0.3 is 10.0 Å². The molecule has 0 fully saturated rings. The van der Waals surface area contributed by atoms with Gasteiger partial charge in [0.1, 0.15) is 5.82 Å². The second-order valence-electron chi connectivity index (χ2n) is 6.64. The van der Waals surface area contributed by atoms with Gasteiger partial charge in [-0.25, -0.2) is 4.39 Å². The van der Waals surface area contributed by atoms with Crippen molar-refractivity contribution >= 4 is 23.1 Å². The Labute approximate surface area is 167 Å². The maximum absolute atomic E-state index is 13.5. The number of hydrogen-bond acceptors (Lipinski definition) is 2. The molecule has 140 valence electrons. The quantitative estimate of drug-likeness (QED) is 0.633. The number of rotatable bonds is 4. The highest BCUT2D eigenvalue weighted by Crippen LogP contribution is 2.43. The van der Waals surface area contributed by atoms with Crippen molar-refractivity contribution < 1.29 is 14.3 Å². The number of amides is 1. The number of hydrogen-bond donors (Lipinski definition) is 1. The zero-order valence-electron chi connectivity index (χ0n) is 14.8. The summed E-state index contributed by atoms with van der Waals surface area (Å²) in [5.41, 5.74) is 2.88. The first-order chi connectivity index (χ1) is 13.5. The summed E-state index contributed by atoms with van der Waals surface area (Å²) in [6, 6.07) is 22.0. The van der Waals surface area contributed by atoms with E-state index in [1.807, 2.05) is 42.5 Å². The standard InChI is InChI=1S/C23H17ClFNO2/c24-18-10-6-15(7-11-18)14-26-21(17-8-12-19(25)13-9-17)20(22(27)23(26)28)16-4-2-1-3-5-16/h1-13,21,27H,14H2/t21-/m0/s1. The van der Waals surface area contributed by atoms with Crippen LogP contribution in [0.3, 0.4) is 0 Å². The number of aliphatic hydroxyl groups excluding tert-OH is 1. The van der Waals surface area contributed by atoms with E-state index in [9.17, 15) is 14.3 Å². The topological polar surface area (TPSA) is 40.5 Å². The van der Waals surface area contributed by atoms with Crippen molar-refractivity contribution in [2.24, 2.45) is 0 Å². The van der Waals surface area contributed by atoms with Crippen LogP contribution in [0.4, 0.5) is 4.39 Å². The van der Waals surface area contributed by atoms with Crippen molar-refractivity contribution in [1.82, 2.24) is 4.90 Å². The number of carbonyl (C=O) groups is 1. The lowest BCUT2D eigenvalue weighted by Gasteiger charge is -2.27. The Morgan fingerprint density at radius 3 is 2.21 bits per heavy atom. The minimum atomic E-state index is -0.522. The van der Waals surface area contributed by atoms with Gasteiger partial charge in [0.15, 0.2) is 5.76 Å². The molecule has 3 aromatic carbocycles. The van der Waals surface area contributed by atoms with Crippen LogP contribution in [0.1, 0.15) is 22.7 Å². The van der Waals surface area contributed by atoms with E-state index in [0.29, 0.717) is 17.1 Å². The van der Waals surface area contributed by atoms with Crippen LogP contribution in [0.2, 0.25) is 5.02 Å². The van der Waals surface area contributed by atoms with E-state index in [2.05, 4.69) is 0 Å². The zero-order chi connectivity index (χ0) is 19.7. The lowest BCUT2D eigenvalue weighted by Crippen LogP contribution is -2.29. The highest BCUT2D eigenvalue weighted by atomic mass is 35.5. The summed E-state index contributed by atoms with van der Waals surface area (Å²) in [4.78, 5) is 14.5. The summed E-state index contributed by atoms with van der Waals surface area (Å²) < 4.78 is 13.5. The van der Waals surface area contributed by atoms with E-state index in [1.54, 1.807) is 29.2 Å². The Hall–Kier alpha value is -3.11. The van der Waals surface area contributed by atoms with Gasteiger partial charge in [0.25, 0.3) is 5.91 Å². The molecule has 5 heteroatoms. The minimum absolute atomic E-state index is 0.283. The van der Waals surface area contributed by atoms with Gasteiger partial charge in [-0.15, -0.1) is 0 Å². The molecule has 0 aliphatic carbocycles. The molecule has 3 aromatic rings.